The van der Waals surface area contributed by atoms with Gasteiger partial charge in [-0.3, -0.25) is 9.67 Å². The van der Waals surface area contributed by atoms with E-state index in [1.807, 2.05) is 49.6 Å². The van der Waals surface area contributed by atoms with Crippen LogP contribution in [0, 0.1) is 11.7 Å². The minimum atomic E-state index is -2.35. The van der Waals surface area contributed by atoms with Crippen molar-refractivity contribution in [2.24, 2.45) is 0 Å². The van der Waals surface area contributed by atoms with Crippen molar-refractivity contribution in [3.63, 3.8) is 0 Å². The Morgan fingerprint density at radius 1 is 1.26 bits per heavy atom. The topological polar surface area (TPSA) is 52.1 Å². The highest BCUT2D eigenvalue weighted by molar-refractivity contribution is 8.67. The second-order valence-corrected chi connectivity index (χ2v) is 11.3. The lowest BCUT2D eigenvalue weighted by molar-refractivity contribution is 0.280. The summed E-state index contributed by atoms with van der Waals surface area (Å²) >= 11 is 12.4. The van der Waals surface area contributed by atoms with Gasteiger partial charge in [-0.1, -0.05) is 29.6 Å². The van der Waals surface area contributed by atoms with Crippen LogP contribution >= 0.6 is 29.3 Å². The number of nitrogens with zero attached hydrogens (tertiary/aromatic N) is 2. The molecule has 0 atom stereocenters. The number of hydrogen-bond acceptors (Lipinski definition) is 6. The minimum Gasteiger partial charge on any atom is -0.322 e. The monoisotopic (exact) mass is 389 g/mol. The first kappa shape index (κ1) is 18.8. The lowest BCUT2D eigenvalue weighted by Crippen LogP contribution is -2.03. The summed E-state index contributed by atoms with van der Waals surface area (Å²) in [5, 5.41) is 7.20. The predicted octanol–water partition coefficient (Wildman–Crippen LogP) is 4.77. The number of para-hydroxylation sites is 1. The molecular formula is C14H20N3O2PS3. The highest BCUT2D eigenvalue weighted by Gasteiger charge is 2.21. The third kappa shape index (κ3) is 4.75. The molecule has 0 saturated carbocycles. The Kier molecular flexibility index (Phi) is 7.00. The van der Waals surface area contributed by atoms with Crippen LogP contribution in [0.15, 0.2) is 24.3 Å². The van der Waals surface area contributed by atoms with Gasteiger partial charge < -0.3 is 9.05 Å². The van der Waals surface area contributed by atoms with E-state index in [0.717, 1.165) is 17.1 Å². The zero-order valence-corrected chi connectivity index (χ0v) is 16.7. The number of aryl methyl sites for hydroxylation is 1. The van der Waals surface area contributed by atoms with Gasteiger partial charge in [0.25, 0.3) is 0 Å². The maximum Gasteiger partial charge on any atom is 0.247 e. The van der Waals surface area contributed by atoms with E-state index < -0.39 is 5.69 Å². The molecule has 2 rings (SSSR count). The Labute approximate surface area is 150 Å². The summed E-state index contributed by atoms with van der Waals surface area (Å²) in [5.74, 6) is 1.38. The zero-order valence-electron chi connectivity index (χ0n) is 13.3. The maximum atomic E-state index is 5.66. The second kappa shape index (κ2) is 8.55. The van der Waals surface area contributed by atoms with Crippen molar-refractivity contribution in [3.05, 3.63) is 40.4 Å². The van der Waals surface area contributed by atoms with Crippen LogP contribution in [0.4, 0.5) is 0 Å². The third-order valence-electron chi connectivity index (χ3n) is 3.02. The molecule has 1 N–H and O–H groups in total. The van der Waals surface area contributed by atoms with E-state index in [4.69, 9.17) is 33.1 Å². The standard InChI is InChI=1S/C14H20N3O2PS3/c1-4-18-20(22,19-5-2)23-10-13-15-16-14(21)17(13)12-9-7-6-8-11(12)3/h6-9H,4-5,10H2,1-3H3,(H,16,21). The van der Waals surface area contributed by atoms with Gasteiger partial charge in [-0.05, 0) is 56.4 Å². The van der Waals surface area contributed by atoms with Crippen LogP contribution in [0.2, 0.25) is 0 Å². The minimum absolute atomic E-state index is 0.537. The number of hydrogen-bond donors (Lipinski definition) is 1. The summed E-state index contributed by atoms with van der Waals surface area (Å²) in [5.41, 5.74) is -0.203. The first-order valence-corrected chi connectivity index (χ1v) is 11.9. The third-order valence-corrected chi connectivity index (χ3v) is 8.70. The Morgan fingerprint density at radius 2 is 1.91 bits per heavy atom. The van der Waals surface area contributed by atoms with Crippen molar-refractivity contribution in [2.45, 2.75) is 26.5 Å². The lowest BCUT2D eigenvalue weighted by Gasteiger charge is -2.19. The molecule has 0 aliphatic heterocycles. The van der Waals surface area contributed by atoms with Crippen molar-refractivity contribution in [2.75, 3.05) is 13.2 Å². The first-order chi connectivity index (χ1) is 11.0. The summed E-state index contributed by atoms with van der Waals surface area (Å²) in [4.78, 5) is 0. The average Bonchev–Trinajstić information content (AvgIpc) is 2.87. The molecule has 0 radical (unpaired) electrons. The Bertz CT molecular complexity index is 750. The normalized spacial score (nSPS) is 11.8. The molecular weight excluding hydrogens is 369 g/mol. The summed E-state index contributed by atoms with van der Waals surface area (Å²) in [6, 6.07) is 8.06. The van der Waals surface area contributed by atoms with Gasteiger partial charge in [-0.25, -0.2) is 0 Å². The fourth-order valence-electron chi connectivity index (χ4n) is 2.05. The van der Waals surface area contributed by atoms with Crippen LogP contribution in [0.25, 0.3) is 5.69 Å². The molecule has 0 fully saturated rings. The highest BCUT2D eigenvalue weighted by Crippen LogP contribution is 2.61. The molecule has 0 unspecified atom stereocenters. The number of rotatable bonds is 8. The SMILES string of the molecule is CCOP(=S)(OCC)SCc1n[nH]c(=S)n1-c1ccccc1C. The van der Waals surface area contributed by atoms with Crippen LogP contribution in [0.1, 0.15) is 25.2 Å². The maximum absolute atomic E-state index is 5.66. The van der Waals surface area contributed by atoms with E-state index in [0.29, 0.717) is 23.7 Å². The van der Waals surface area contributed by atoms with Crippen LogP contribution in [-0.4, -0.2) is 28.0 Å². The summed E-state index contributed by atoms with van der Waals surface area (Å²) in [6.45, 7) is 6.96. The lowest BCUT2D eigenvalue weighted by atomic mass is 10.2. The molecule has 1 aromatic carbocycles. The zero-order chi connectivity index (χ0) is 16.9. The van der Waals surface area contributed by atoms with Gasteiger partial charge in [0.1, 0.15) is 5.82 Å². The van der Waals surface area contributed by atoms with Crippen LogP contribution in [0.5, 0.6) is 0 Å². The van der Waals surface area contributed by atoms with Crippen molar-refractivity contribution in [3.8, 4) is 5.69 Å². The Balaban J connectivity index is 2.27. The molecule has 23 heavy (non-hydrogen) atoms. The van der Waals surface area contributed by atoms with Crippen LogP contribution in [-0.2, 0) is 26.6 Å². The molecule has 9 heteroatoms. The fraction of sp³-hybridized carbons (Fsp3) is 0.429. The van der Waals surface area contributed by atoms with Gasteiger partial charge >= 0.3 is 0 Å². The van der Waals surface area contributed by atoms with E-state index in [9.17, 15) is 0 Å². The summed E-state index contributed by atoms with van der Waals surface area (Å²) in [7, 11) is 0. The summed E-state index contributed by atoms with van der Waals surface area (Å²) < 4.78 is 13.8. The molecule has 0 saturated heterocycles. The molecule has 0 amide bonds. The fourth-order valence-corrected chi connectivity index (χ4v) is 6.63. The highest BCUT2D eigenvalue weighted by atomic mass is 32.9. The van der Waals surface area contributed by atoms with Crippen molar-refractivity contribution < 1.29 is 9.05 Å². The quantitative estimate of drug-likeness (QED) is 0.518. The molecule has 0 aliphatic carbocycles. The molecule has 1 heterocycles. The van der Waals surface area contributed by atoms with Gasteiger partial charge in [0, 0.05) is 0 Å². The van der Waals surface area contributed by atoms with Crippen LogP contribution in [0.3, 0.4) is 0 Å². The number of aromatic amines is 1. The van der Waals surface area contributed by atoms with Gasteiger partial charge in [0.15, 0.2) is 4.77 Å². The van der Waals surface area contributed by atoms with Gasteiger partial charge in [-0.2, -0.15) is 5.10 Å². The molecule has 2 aromatic rings. The number of nitrogens with one attached hydrogen (secondary N) is 1. The van der Waals surface area contributed by atoms with Gasteiger partial charge in [-0.15, -0.1) is 0 Å². The smallest absolute Gasteiger partial charge is 0.247 e. The molecule has 1 aromatic heterocycles. The van der Waals surface area contributed by atoms with Crippen molar-refractivity contribution in [1.29, 1.82) is 0 Å². The number of H-pyrrole nitrogens is 1. The van der Waals surface area contributed by atoms with E-state index in [1.165, 1.54) is 11.4 Å². The average molecular weight is 390 g/mol. The number of benzene rings is 1. The molecule has 0 bridgehead atoms. The largest absolute Gasteiger partial charge is 0.322 e. The number of aromatic nitrogens is 3. The second-order valence-electron chi connectivity index (χ2n) is 4.62. The van der Waals surface area contributed by atoms with Gasteiger partial charge in [0.2, 0.25) is 5.69 Å². The molecule has 126 valence electrons. The van der Waals surface area contributed by atoms with E-state index in [-0.39, 0.29) is 0 Å². The molecule has 0 spiro atoms. The van der Waals surface area contributed by atoms with Crippen molar-refractivity contribution >= 4 is 41.1 Å². The van der Waals surface area contributed by atoms with Crippen LogP contribution < -0.4 is 0 Å². The van der Waals surface area contributed by atoms with E-state index >= 15 is 0 Å². The molecule has 0 aliphatic rings. The van der Waals surface area contributed by atoms with E-state index in [2.05, 4.69) is 10.2 Å². The van der Waals surface area contributed by atoms with E-state index in [1.54, 1.807) is 0 Å². The Morgan fingerprint density at radius 3 is 2.52 bits per heavy atom. The molecule has 5 nitrogen and oxygen atoms in total. The summed E-state index contributed by atoms with van der Waals surface area (Å²) in [6.07, 6.45) is 0. The first-order valence-electron chi connectivity index (χ1n) is 7.26. The Hall–Kier alpha value is -0.500. The predicted molar refractivity (Wildman–Crippen MR) is 102 cm³/mol. The van der Waals surface area contributed by atoms with Crippen molar-refractivity contribution in [1.82, 2.24) is 14.8 Å². The van der Waals surface area contributed by atoms with Gasteiger partial charge in [0.05, 0.1) is 24.7 Å².